The normalized spacial score (nSPS) is 14.7. The number of para-hydroxylation sites is 1. The molecule has 1 aliphatic rings. The van der Waals surface area contributed by atoms with Gasteiger partial charge in [-0.25, -0.2) is 5.48 Å². The van der Waals surface area contributed by atoms with Crippen LogP contribution in [0.1, 0.15) is 11.1 Å². The van der Waals surface area contributed by atoms with E-state index in [1.54, 1.807) is 23.6 Å². The first-order valence-corrected chi connectivity index (χ1v) is 8.47. The van der Waals surface area contributed by atoms with Crippen molar-refractivity contribution in [3.8, 4) is 5.75 Å². The molecule has 2 amide bonds. The second-order valence-corrected chi connectivity index (χ2v) is 6.17. The van der Waals surface area contributed by atoms with Crippen LogP contribution in [-0.2, 0) is 16.1 Å². The predicted molar refractivity (Wildman–Crippen MR) is 101 cm³/mol. The number of amides is 2. The van der Waals surface area contributed by atoms with Crippen molar-refractivity contribution in [2.75, 3.05) is 25.2 Å². The Hall–Kier alpha value is -3.16. The molecule has 0 atom stereocenters. The van der Waals surface area contributed by atoms with Crippen LogP contribution in [0, 0.1) is 0 Å². The standard InChI is InChI=1S/C20H21N3O4/c1-27-17-9-6-15(7-10-17)12-22-13-20(25)23(14-22)18-5-3-2-4-16(18)8-11-19(24)21-26/h2-11,26H,12-14H2,1H3,(H,21,24). The maximum absolute atomic E-state index is 12.5. The molecule has 1 saturated heterocycles. The number of rotatable bonds is 6. The van der Waals surface area contributed by atoms with Crippen LogP contribution in [0.4, 0.5) is 5.69 Å². The SMILES string of the molecule is COc1ccc(CN2CC(=O)N(c3ccccc3C=CC(=O)NO)C2)cc1. The lowest BCUT2D eigenvalue weighted by Crippen LogP contribution is -2.27. The minimum absolute atomic E-state index is 0.00373. The molecule has 7 nitrogen and oxygen atoms in total. The van der Waals surface area contributed by atoms with Gasteiger partial charge in [-0.2, -0.15) is 0 Å². The van der Waals surface area contributed by atoms with E-state index in [1.807, 2.05) is 53.4 Å². The summed E-state index contributed by atoms with van der Waals surface area (Å²) in [6.45, 7) is 1.43. The van der Waals surface area contributed by atoms with E-state index in [0.29, 0.717) is 19.8 Å². The van der Waals surface area contributed by atoms with Crippen LogP contribution in [0.25, 0.3) is 6.08 Å². The first kappa shape index (κ1) is 18.6. The van der Waals surface area contributed by atoms with Crippen LogP contribution in [-0.4, -0.2) is 42.2 Å². The summed E-state index contributed by atoms with van der Waals surface area (Å²) in [5.74, 6) is 0.167. The van der Waals surface area contributed by atoms with Gasteiger partial charge in [-0.05, 0) is 35.4 Å². The van der Waals surface area contributed by atoms with Gasteiger partial charge in [0.25, 0.3) is 5.91 Å². The molecule has 1 fully saturated rings. The van der Waals surface area contributed by atoms with Gasteiger partial charge in [-0.1, -0.05) is 30.3 Å². The van der Waals surface area contributed by atoms with Gasteiger partial charge in [0.2, 0.25) is 5.91 Å². The molecule has 0 saturated carbocycles. The van der Waals surface area contributed by atoms with E-state index >= 15 is 0 Å². The average Bonchev–Trinajstić information content (AvgIpc) is 3.06. The van der Waals surface area contributed by atoms with Gasteiger partial charge < -0.3 is 4.74 Å². The van der Waals surface area contributed by atoms with Crippen LogP contribution in [0.3, 0.4) is 0 Å². The van der Waals surface area contributed by atoms with Crippen molar-refractivity contribution in [2.45, 2.75) is 6.54 Å². The molecule has 0 aliphatic carbocycles. The maximum atomic E-state index is 12.5. The van der Waals surface area contributed by atoms with Gasteiger partial charge in [0.05, 0.1) is 26.0 Å². The summed E-state index contributed by atoms with van der Waals surface area (Å²) in [5, 5.41) is 8.61. The first-order chi connectivity index (χ1) is 13.1. The van der Waals surface area contributed by atoms with Crippen LogP contribution in [0.15, 0.2) is 54.6 Å². The lowest BCUT2D eigenvalue weighted by Gasteiger charge is -2.20. The highest BCUT2D eigenvalue weighted by molar-refractivity contribution is 5.99. The maximum Gasteiger partial charge on any atom is 0.267 e. The second kappa shape index (κ2) is 8.48. The van der Waals surface area contributed by atoms with Crippen molar-refractivity contribution in [1.29, 1.82) is 0 Å². The Kier molecular flexibility index (Phi) is 5.85. The number of hydrogen-bond donors (Lipinski definition) is 2. The smallest absolute Gasteiger partial charge is 0.267 e. The quantitative estimate of drug-likeness (QED) is 0.464. The number of carbonyl (C=O) groups excluding carboxylic acids is 2. The summed E-state index contributed by atoms with van der Waals surface area (Å²) >= 11 is 0. The van der Waals surface area contributed by atoms with E-state index in [4.69, 9.17) is 9.94 Å². The van der Waals surface area contributed by atoms with Crippen molar-refractivity contribution < 1.29 is 19.5 Å². The van der Waals surface area contributed by atoms with Gasteiger partial charge in [-0.15, -0.1) is 0 Å². The molecule has 27 heavy (non-hydrogen) atoms. The van der Waals surface area contributed by atoms with Gasteiger partial charge in [0, 0.05) is 12.6 Å². The molecule has 0 aromatic heterocycles. The molecular formula is C20H21N3O4. The van der Waals surface area contributed by atoms with E-state index in [0.717, 1.165) is 22.6 Å². The summed E-state index contributed by atoms with van der Waals surface area (Å²) in [6.07, 6.45) is 2.79. The summed E-state index contributed by atoms with van der Waals surface area (Å²) in [6, 6.07) is 15.1. The predicted octanol–water partition coefficient (Wildman–Crippen LogP) is 2.02. The molecular weight excluding hydrogens is 346 g/mol. The third kappa shape index (κ3) is 4.52. The Morgan fingerprint density at radius 2 is 1.96 bits per heavy atom. The molecule has 1 heterocycles. The number of carbonyl (C=O) groups is 2. The van der Waals surface area contributed by atoms with Gasteiger partial charge in [0.1, 0.15) is 5.75 Å². The number of nitrogens with one attached hydrogen (secondary N) is 1. The number of nitrogens with zero attached hydrogens (tertiary/aromatic N) is 2. The summed E-state index contributed by atoms with van der Waals surface area (Å²) in [4.78, 5) is 27.5. The zero-order chi connectivity index (χ0) is 19.2. The fourth-order valence-corrected chi connectivity index (χ4v) is 2.99. The molecule has 1 aliphatic heterocycles. The molecule has 2 aromatic carbocycles. The molecule has 140 valence electrons. The molecule has 2 aromatic rings. The molecule has 2 N–H and O–H groups in total. The largest absolute Gasteiger partial charge is 0.497 e. The number of benzene rings is 2. The monoisotopic (exact) mass is 367 g/mol. The molecule has 0 radical (unpaired) electrons. The molecule has 0 unspecified atom stereocenters. The van der Waals surface area contributed by atoms with E-state index < -0.39 is 5.91 Å². The van der Waals surface area contributed by atoms with Crippen molar-refractivity contribution in [1.82, 2.24) is 10.4 Å². The summed E-state index contributed by atoms with van der Waals surface area (Å²) in [5.41, 5.74) is 4.09. The van der Waals surface area contributed by atoms with Crippen molar-refractivity contribution >= 4 is 23.6 Å². The highest BCUT2D eigenvalue weighted by Crippen LogP contribution is 2.26. The van der Waals surface area contributed by atoms with Gasteiger partial charge in [-0.3, -0.25) is 24.6 Å². The topological polar surface area (TPSA) is 82.1 Å². The van der Waals surface area contributed by atoms with Crippen LogP contribution in [0.2, 0.25) is 0 Å². The van der Waals surface area contributed by atoms with Crippen molar-refractivity contribution in [3.63, 3.8) is 0 Å². The molecule has 3 rings (SSSR count). The second-order valence-electron chi connectivity index (χ2n) is 6.17. The fraction of sp³-hybridized carbons (Fsp3) is 0.200. The van der Waals surface area contributed by atoms with Crippen LogP contribution >= 0.6 is 0 Å². The van der Waals surface area contributed by atoms with E-state index in [9.17, 15) is 9.59 Å². The van der Waals surface area contributed by atoms with E-state index in [-0.39, 0.29) is 5.91 Å². The Balaban J connectivity index is 1.74. The Morgan fingerprint density at radius 3 is 2.67 bits per heavy atom. The lowest BCUT2D eigenvalue weighted by atomic mass is 10.1. The number of ether oxygens (including phenoxy) is 1. The number of hydroxylamine groups is 1. The summed E-state index contributed by atoms with van der Waals surface area (Å²) < 4.78 is 5.17. The third-order valence-corrected chi connectivity index (χ3v) is 4.32. The van der Waals surface area contributed by atoms with E-state index in [2.05, 4.69) is 0 Å². The molecule has 0 spiro atoms. The Morgan fingerprint density at radius 1 is 1.22 bits per heavy atom. The molecule has 7 heteroatoms. The fourth-order valence-electron chi connectivity index (χ4n) is 2.99. The minimum atomic E-state index is -0.626. The highest BCUT2D eigenvalue weighted by atomic mass is 16.5. The zero-order valence-electron chi connectivity index (χ0n) is 15.0. The third-order valence-electron chi connectivity index (χ3n) is 4.32. The van der Waals surface area contributed by atoms with E-state index in [1.165, 1.54) is 6.08 Å². The minimum Gasteiger partial charge on any atom is -0.497 e. The lowest BCUT2D eigenvalue weighted by molar-refractivity contribution is -0.124. The van der Waals surface area contributed by atoms with Crippen molar-refractivity contribution in [3.05, 3.63) is 65.7 Å². The number of methoxy groups -OCH3 is 1. The zero-order valence-corrected chi connectivity index (χ0v) is 15.0. The number of hydrogen-bond acceptors (Lipinski definition) is 5. The highest BCUT2D eigenvalue weighted by Gasteiger charge is 2.29. The van der Waals surface area contributed by atoms with Gasteiger partial charge in [0.15, 0.2) is 0 Å². The average molecular weight is 367 g/mol. The Labute approximate surface area is 157 Å². The molecule has 0 bridgehead atoms. The van der Waals surface area contributed by atoms with Crippen LogP contribution < -0.4 is 15.1 Å². The van der Waals surface area contributed by atoms with Crippen LogP contribution in [0.5, 0.6) is 5.75 Å². The summed E-state index contributed by atoms with van der Waals surface area (Å²) in [7, 11) is 1.63. The number of anilines is 1. The van der Waals surface area contributed by atoms with Gasteiger partial charge >= 0.3 is 0 Å². The van der Waals surface area contributed by atoms with Crippen molar-refractivity contribution in [2.24, 2.45) is 0 Å². The Bertz CT molecular complexity index is 849. The first-order valence-electron chi connectivity index (χ1n) is 8.47.